The van der Waals surface area contributed by atoms with E-state index in [4.69, 9.17) is 14.8 Å². The number of piperidine rings is 1. The number of hydrogen-bond donors (Lipinski definition) is 2. The molecular weight excluding hydrogens is 556 g/mol. The largest absolute Gasteiger partial charge is 0.394 e. The van der Waals surface area contributed by atoms with E-state index >= 15 is 0 Å². The third kappa shape index (κ3) is 9.45. The number of aliphatic imine (C=N–C) groups is 1. The minimum atomic E-state index is -3.69. The first-order valence-corrected chi connectivity index (χ1v) is 16.8. The summed E-state index contributed by atoms with van der Waals surface area (Å²) in [5, 5.41) is 13.0. The Morgan fingerprint density at radius 2 is 1.83 bits per heavy atom. The maximum Gasteiger partial charge on any atom is 0.253 e. The number of amidine groups is 1. The zero-order valence-electron chi connectivity index (χ0n) is 25.4. The average Bonchev–Trinajstić information content (AvgIpc) is 3.25. The third-order valence-corrected chi connectivity index (χ3v) is 9.58. The zero-order valence-corrected chi connectivity index (χ0v) is 26.3. The Labute approximate surface area is 251 Å². The van der Waals surface area contributed by atoms with E-state index in [0.29, 0.717) is 31.7 Å². The lowest BCUT2D eigenvalue weighted by atomic mass is 9.89. The molecule has 0 bridgehead atoms. The summed E-state index contributed by atoms with van der Waals surface area (Å²) in [5.74, 6) is 0.494. The summed E-state index contributed by atoms with van der Waals surface area (Å²) in [6, 6.07) is 5.40. The van der Waals surface area contributed by atoms with E-state index in [1.54, 1.807) is 23.1 Å². The molecule has 0 unspecified atom stereocenters. The van der Waals surface area contributed by atoms with Gasteiger partial charge in [0.1, 0.15) is 11.4 Å². The molecule has 0 radical (unpaired) electrons. The number of aliphatic hydroxyl groups is 1. The molecule has 42 heavy (non-hydrogen) atoms. The van der Waals surface area contributed by atoms with Crippen LogP contribution in [-0.2, 0) is 24.3 Å². The number of sulfonamides is 1. The van der Waals surface area contributed by atoms with Gasteiger partial charge in [0, 0.05) is 44.1 Å². The third-order valence-electron chi connectivity index (χ3n) is 8.02. The van der Waals surface area contributed by atoms with Crippen LogP contribution in [0.5, 0.6) is 0 Å². The number of ether oxygens (including phenoxy) is 1. The smallest absolute Gasteiger partial charge is 0.253 e. The van der Waals surface area contributed by atoms with Crippen molar-refractivity contribution in [2.45, 2.75) is 90.5 Å². The van der Waals surface area contributed by atoms with Crippen LogP contribution in [-0.4, -0.2) is 80.5 Å². The van der Waals surface area contributed by atoms with Gasteiger partial charge in [-0.1, -0.05) is 51.5 Å². The Balaban J connectivity index is 1.55. The minimum Gasteiger partial charge on any atom is -0.394 e. The van der Waals surface area contributed by atoms with E-state index in [2.05, 4.69) is 12.2 Å². The number of aryl methyl sites for hydroxylation is 1. The van der Waals surface area contributed by atoms with Crippen molar-refractivity contribution in [2.75, 3.05) is 44.4 Å². The second-order valence-corrected chi connectivity index (χ2v) is 13.0. The molecule has 1 spiro atoms. The van der Waals surface area contributed by atoms with Crippen LogP contribution in [0.4, 0.5) is 5.69 Å². The first-order valence-electron chi connectivity index (χ1n) is 15.3. The van der Waals surface area contributed by atoms with Crippen LogP contribution in [0.3, 0.4) is 0 Å². The number of carbonyl (C=O) groups excluding carboxylic acids is 2. The summed E-state index contributed by atoms with van der Waals surface area (Å²) < 4.78 is 33.0. The van der Waals surface area contributed by atoms with Crippen LogP contribution in [0.15, 0.2) is 28.6 Å². The molecular formula is C31H48N4O6S. The Morgan fingerprint density at radius 1 is 1.14 bits per heavy atom. The number of carbonyl (C=O) groups is 2. The maximum absolute atomic E-state index is 13.1. The van der Waals surface area contributed by atoms with E-state index in [1.165, 1.54) is 48.7 Å². The van der Waals surface area contributed by atoms with Gasteiger partial charge >= 0.3 is 0 Å². The van der Waals surface area contributed by atoms with Crippen LogP contribution in [0.1, 0.15) is 89.2 Å². The molecule has 10 nitrogen and oxygen atoms in total. The van der Waals surface area contributed by atoms with Crippen molar-refractivity contribution in [3.8, 4) is 0 Å². The molecule has 2 amide bonds. The summed E-state index contributed by atoms with van der Waals surface area (Å²) in [7, 11) is -3.69. The second kappa shape index (κ2) is 16.3. The molecule has 3 rings (SSSR count). The molecule has 1 fully saturated rings. The fraction of sp³-hybridized carbons (Fsp3) is 0.645. The normalized spacial score (nSPS) is 17.1. The average molecular weight is 605 g/mol. The Bertz CT molecular complexity index is 1220. The van der Waals surface area contributed by atoms with Crippen LogP contribution in [0.2, 0.25) is 0 Å². The van der Waals surface area contributed by atoms with Gasteiger partial charge in [-0.3, -0.25) is 14.6 Å². The van der Waals surface area contributed by atoms with Crippen LogP contribution in [0.25, 0.3) is 6.08 Å². The number of aliphatic hydroxyl groups excluding tert-OH is 1. The lowest BCUT2D eigenvalue weighted by molar-refractivity contribution is -0.125. The predicted octanol–water partition coefficient (Wildman–Crippen LogP) is 4.16. The van der Waals surface area contributed by atoms with Gasteiger partial charge in [0.05, 0.1) is 19.8 Å². The molecule has 0 saturated carbocycles. The molecule has 0 atom stereocenters. The number of anilines is 1. The van der Waals surface area contributed by atoms with E-state index in [0.717, 1.165) is 36.2 Å². The van der Waals surface area contributed by atoms with Crippen LogP contribution >= 0.6 is 0 Å². The van der Waals surface area contributed by atoms with Gasteiger partial charge in [0.15, 0.2) is 0 Å². The molecule has 0 aliphatic carbocycles. The van der Waals surface area contributed by atoms with Gasteiger partial charge in [-0.15, -0.1) is 0 Å². The van der Waals surface area contributed by atoms with Crippen LogP contribution < -0.4 is 10.2 Å². The fourth-order valence-corrected chi connectivity index (χ4v) is 6.64. The number of benzene rings is 1. The number of unbranched alkanes of at least 4 members (excludes halogenated alkanes) is 6. The van der Waals surface area contributed by atoms with E-state index in [9.17, 15) is 18.0 Å². The summed E-state index contributed by atoms with van der Waals surface area (Å²) in [5.41, 5.74) is 1.38. The summed E-state index contributed by atoms with van der Waals surface area (Å²) >= 11 is 0. The standard InChI is InChI=1S/C31H48N4O6S/c1-4-5-6-7-8-9-10-11-29-32-30(38)31(33-29)15-17-34(18-16-31)42(39,40)23-14-27-12-13-28(24-25(27)2)35(26(3)37)19-21-41-22-20-36/h12-14,23-24,36H,4-11,15-22H2,1-3H3,(H,32,33,38)/b23-14+. The summed E-state index contributed by atoms with van der Waals surface area (Å²) in [4.78, 5) is 31.3. The van der Waals surface area contributed by atoms with Crippen LogP contribution in [0, 0.1) is 6.92 Å². The Hall–Kier alpha value is -2.60. The highest BCUT2D eigenvalue weighted by Gasteiger charge is 2.46. The molecule has 2 N–H and O–H groups in total. The summed E-state index contributed by atoms with van der Waals surface area (Å²) in [6.07, 6.45) is 11.4. The number of rotatable bonds is 17. The van der Waals surface area contributed by atoms with Crippen molar-refractivity contribution < 1.29 is 27.9 Å². The topological polar surface area (TPSA) is 129 Å². The Morgan fingerprint density at radius 3 is 2.48 bits per heavy atom. The van der Waals surface area contributed by atoms with E-state index < -0.39 is 15.6 Å². The van der Waals surface area contributed by atoms with Gasteiger partial charge in [-0.25, -0.2) is 8.42 Å². The Kier molecular flexibility index (Phi) is 13.2. The number of hydrogen-bond acceptors (Lipinski definition) is 7. The van der Waals surface area contributed by atoms with Crippen molar-refractivity contribution in [3.63, 3.8) is 0 Å². The molecule has 0 aromatic heterocycles. The van der Waals surface area contributed by atoms with Crippen molar-refractivity contribution in [1.29, 1.82) is 0 Å². The van der Waals surface area contributed by atoms with Crippen molar-refractivity contribution in [1.82, 2.24) is 9.62 Å². The highest BCUT2D eigenvalue weighted by atomic mass is 32.2. The molecule has 11 heteroatoms. The van der Waals surface area contributed by atoms with Crippen molar-refractivity contribution in [3.05, 3.63) is 34.7 Å². The van der Waals surface area contributed by atoms with E-state index in [1.807, 2.05) is 13.0 Å². The van der Waals surface area contributed by atoms with Gasteiger partial charge in [0.25, 0.3) is 5.91 Å². The minimum absolute atomic E-state index is 0.0784. The van der Waals surface area contributed by atoms with E-state index in [-0.39, 0.29) is 38.1 Å². The van der Waals surface area contributed by atoms with Gasteiger partial charge in [0.2, 0.25) is 15.9 Å². The lowest BCUT2D eigenvalue weighted by Crippen LogP contribution is -2.50. The zero-order chi connectivity index (χ0) is 30.6. The monoisotopic (exact) mass is 604 g/mol. The SMILES string of the molecule is CCCCCCCCCC1=NC2(CCN(S(=O)(=O)/C=C/c3ccc(N(CCOCCO)C(C)=O)cc3C)CC2)C(=O)N1. The van der Waals surface area contributed by atoms with Gasteiger partial charge in [-0.2, -0.15) is 4.31 Å². The fourth-order valence-electron chi connectivity index (χ4n) is 5.45. The predicted molar refractivity (Wildman–Crippen MR) is 167 cm³/mol. The molecule has 1 saturated heterocycles. The first-order chi connectivity index (χ1) is 20.1. The molecule has 1 aromatic carbocycles. The molecule has 2 heterocycles. The maximum atomic E-state index is 13.1. The van der Waals surface area contributed by atoms with Gasteiger partial charge < -0.3 is 20.1 Å². The quantitative estimate of drug-likeness (QED) is 0.257. The molecule has 234 valence electrons. The van der Waals surface area contributed by atoms with Gasteiger partial charge in [-0.05, 0) is 55.5 Å². The second-order valence-electron chi connectivity index (χ2n) is 11.2. The first kappa shape index (κ1) is 33.9. The molecule has 2 aliphatic rings. The number of amides is 2. The number of nitrogens with one attached hydrogen (secondary N) is 1. The molecule has 2 aliphatic heterocycles. The highest BCUT2D eigenvalue weighted by molar-refractivity contribution is 7.92. The van der Waals surface area contributed by atoms with Crippen molar-refractivity contribution in [2.24, 2.45) is 4.99 Å². The lowest BCUT2D eigenvalue weighted by Gasteiger charge is -2.34. The summed E-state index contributed by atoms with van der Waals surface area (Å²) in [6.45, 7) is 6.79. The molecule has 1 aromatic rings. The highest BCUT2D eigenvalue weighted by Crippen LogP contribution is 2.32. The number of nitrogens with zero attached hydrogens (tertiary/aromatic N) is 3. The van der Waals surface area contributed by atoms with Crippen molar-refractivity contribution >= 4 is 39.4 Å².